The average molecular weight is 342 g/mol. The smallest absolute Gasteiger partial charge is 0.321 e. The summed E-state index contributed by atoms with van der Waals surface area (Å²) >= 11 is 1.67. The van der Waals surface area contributed by atoms with E-state index in [1.54, 1.807) is 18.0 Å². The monoisotopic (exact) mass is 342 g/mol. The van der Waals surface area contributed by atoms with Crippen LogP contribution in [0.5, 0.6) is 0 Å². The van der Waals surface area contributed by atoms with Crippen LogP contribution in [-0.2, 0) is 6.54 Å². The molecule has 0 unspecified atom stereocenters. The number of anilines is 1. The summed E-state index contributed by atoms with van der Waals surface area (Å²) in [5.74, 6) is 0. The molecule has 1 fully saturated rings. The summed E-state index contributed by atoms with van der Waals surface area (Å²) in [6.45, 7) is 4.14. The van der Waals surface area contributed by atoms with Crippen LogP contribution in [0.4, 0.5) is 10.5 Å². The van der Waals surface area contributed by atoms with Gasteiger partial charge in [-0.3, -0.25) is 9.88 Å². The van der Waals surface area contributed by atoms with Gasteiger partial charge in [-0.15, -0.1) is 11.8 Å². The minimum atomic E-state index is -0.0192. The summed E-state index contributed by atoms with van der Waals surface area (Å²) in [6, 6.07) is 12.0. The maximum atomic E-state index is 12.4. The molecule has 0 bridgehead atoms. The molecule has 1 aromatic heterocycles. The van der Waals surface area contributed by atoms with Gasteiger partial charge in [0.15, 0.2) is 0 Å². The molecule has 0 saturated carbocycles. The molecule has 0 atom stereocenters. The maximum absolute atomic E-state index is 12.4. The van der Waals surface area contributed by atoms with Crippen LogP contribution in [0.1, 0.15) is 5.56 Å². The highest BCUT2D eigenvalue weighted by atomic mass is 32.2. The van der Waals surface area contributed by atoms with Gasteiger partial charge in [-0.05, 0) is 36.1 Å². The number of urea groups is 1. The Balaban J connectivity index is 1.49. The molecule has 1 saturated heterocycles. The van der Waals surface area contributed by atoms with Crippen LogP contribution in [0.3, 0.4) is 0 Å². The fraction of sp³-hybridized carbons (Fsp3) is 0.333. The molecule has 1 aliphatic rings. The number of carbonyl (C=O) groups is 1. The lowest BCUT2D eigenvalue weighted by Crippen LogP contribution is -2.49. The van der Waals surface area contributed by atoms with Crippen molar-refractivity contribution in [2.24, 2.45) is 0 Å². The third-order valence-electron chi connectivity index (χ3n) is 4.11. The number of piperazine rings is 1. The molecule has 2 amide bonds. The fourth-order valence-electron chi connectivity index (χ4n) is 2.76. The maximum Gasteiger partial charge on any atom is 0.321 e. The summed E-state index contributed by atoms with van der Waals surface area (Å²) in [6.07, 6.45) is 5.72. The zero-order valence-corrected chi connectivity index (χ0v) is 14.6. The molecule has 0 radical (unpaired) electrons. The number of hydrogen-bond acceptors (Lipinski definition) is 4. The third kappa shape index (κ3) is 4.49. The second-order valence-electron chi connectivity index (χ2n) is 5.79. The van der Waals surface area contributed by atoms with E-state index in [4.69, 9.17) is 0 Å². The van der Waals surface area contributed by atoms with E-state index in [1.165, 1.54) is 5.56 Å². The summed E-state index contributed by atoms with van der Waals surface area (Å²) in [5.41, 5.74) is 2.06. The van der Waals surface area contributed by atoms with E-state index in [1.807, 2.05) is 47.7 Å². The van der Waals surface area contributed by atoms with Crippen molar-refractivity contribution in [1.82, 2.24) is 14.8 Å². The SMILES string of the molecule is CSc1cccc(NC(=O)N2CCN(Cc3cccnc3)CC2)c1. The van der Waals surface area contributed by atoms with Gasteiger partial charge in [0.2, 0.25) is 0 Å². The molecule has 2 aromatic rings. The number of thioether (sulfide) groups is 1. The first kappa shape index (κ1) is 16.8. The minimum absolute atomic E-state index is 0.0192. The van der Waals surface area contributed by atoms with Crippen molar-refractivity contribution < 1.29 is 4.79 Å². The first-order chi connectivity index (χ1) is 11.7. The number of nitrogens with one attached hydrogen (secondary N) is 1. The molecule has 1 N–H and O–H groups in total. The zero-order valence-electron chi connectivity index (χ0n) is 13.8. The van der Waals surface area contributed by atoms with E-state index in [2.05, 4.69) is 21.3 Å². The number of benzene rings is 1. The molecule has 24 heavy (non-hydrogen) atoms. The van der Waals surface area contributed by atoms with E-state index in [-0.39, 0.29) is 6.03 Å². The number of nitrogens with zero attached hydrogens (tertiary/aromatic N) is 3. The Morgan fingerprint density at radius 1 is 1.21 bits per heavy atom. The minimum Gasteiger partial charge on any atom is -0.322 e. The highest BCUT2D eigenvalue weighted by Crippen LogP contribution is 2.19. The van der Waals surface area contributed by atoms with Crippen LogP contribution in [0, 0.1) is 0 Å². The third-order valence-corrected chi connectivity index (χ3v) is 4.83. The molecule has 2 heterocycles. The van der Waals surface area contributed by atoms with Crippen molar-refractivity contribution in [3.8, 4) is 0 Å². The van der Waals surface area contributed by atoms with Crippen LogP contribution < -0.4 is 5.32 Å². The van der Waals surface area contributed by atoms with E-state index < -0.39 is 0 Å². The van der Waals surface area contributed by atoms with Crippen LogP contribution >= 0.6 is 11.8 Å². The van der Waals surface area contributed by atoms with E-state index >= 15 is 0 Å². The Morgan fingerprint density at radius 2 is 2.04 bits per heavy atom. The van der Waals surface area contributed by atoms with Gasteiger partial charge in [0, 0.05) is 55.7 Å². The average Bonchev–Trinajstić information content (AvgIpc) is 2.63. The lowest BCUT2D eigenvalue weighted by atomic mass is 10.2. The quantitative estimate of drug-likeness (QED) is 0.867. The van der Waals surface area contributed by atoms with Crippen molar-refractivity contribution in [3.63, 3.8) is 0 Å². The van der Waals surface area contributed by atoms with Crippen molar-refractivity contribution in [3.05, 3.63) is 54.4 Å². The summed E-state index contributed by atoms with van der Waals surface area (Å²) in [5, 5.41) is 3.00. The van der Waals surface area contributed by atoms with Gasteiger partial charge >= 0.3 is 6.03 Å². The number of rotatable bonds is 4. The highest BCUT2D eigenvalue weighted by Gasteiger charge is 2.21. The predicted octanol–water partition coefficient (Wildman–Crippen LogP) is 3.15. The summed E-state index contributed by atoms with van der Waals surface area (Å²) in [7, 11) is 0. The van der Waals surface area contributed by atoms with E-state index in [0.717, 1.165) is 43.3 Å². The molecule has 1 aromatic carbocycles. The molecule has 1 aliphatic heterocycles. The Morgan fingerprint density at radius 3 is 2.75 bits per heavy atom. The number of hydrogen-bond donors (Lipinski definition) is 1. The van der Waals surface area contributed by atoms with Gasteiger partial charge in [0.25, 0.3) is 0 Å². The standard InChI is InChI=1S/C18H22N4OS/c1-24-17-6-2-5-16(12-17)20-18(23)22-10-8-21(9-11-22)14-15-4-3-7-19-13-15/h2-7,12-13H,8-11,14H2,1H3,(H,20,23). The normalized spacial score (nSPS) is 15.3. The molecule has 5 nitrogen and oxygen atoms in total. The lowest BCUT2D eigenvalue weighted by Gasteiger charge is -2.34. The van der Waals surface area contributed by atoms with Gasteiger partial charge in [0.1, 0.15) is 0 Å². The summed E-state index contributed by atoms with van der Waals surface area (Å²) < 4.78 is 0. The van der Waals surface area contributed by atoms with Crippen molar-refractivity contribution in [2.75, 3.05) is 37.8 Å². The van der Waals surface area contributed by atoms with Gasteiger partial charge in [-0.2, -0.15) is 0 Å². The van der Waals surface area contributed by atoms with Gasteiger partial charge in [0.05, 0.1) is 0 Å². The number of carbonyl (C=O) groups excluding carboxylic acids is 1. The predicted molar refractivity (Wildman–Crippen MR) is 98.3 cm³/mol. The Labute approximate surface area is 147 Å². The van der Waals surface area contributed by atoms with Crippen LogP contribution in [0.15, 0.2) is 53.7 Å². The molecular weight excluding hydrogens is 320 g/mol. The van der Waals surface area contributed by atoms with Crippen molar-refractivity contribution >= 4 is 23.5 Å². The highest BCUT2D eigenvalue weighted by molar-refractivity contribution is 7.98. The van der Waals surface area contributed by atoms with Crippen molar-refractivity contribution in [1.29, 1.82) is 0 Å². The number of aromatic nitrogens is 1. The second kappa shape index (κ2) is 8.17. The number of pyridine rings is 1. The van der Waals surface area contributed by atoms with Gasteiger partial charge in [-0.25, -0.2) is 4.79 Å². The van der Waals surface area contributed by atoms with Gasteiger partial charge in [-0.1, -0.05) is 12.1 Å². The largest absolute Gasteiger partial charge is 0.322 e. The molecule has 126 valence electrons. The molecule has 6 heteroatoms. The fourth-order valence-corrected chi connectivity index (χ4v) is 3.22. The molecule has 3 rings (SSSR count). The number of amides is 2. The van der Waals surface area contributed by atoms with E-state index in [9.17, 15) is 4.79 Å². The topological polar surface area (TPSA) is 48.5 Å². The second-order valence-corrected chi connectivity index (χ2v) is 6.67. The molecule has 0 spiro atoms. The van der Waals surface area contributed by atoms with Crippen LogP contribution in [0.2, 0.25) is 0 Å². The first-order valence-electron chi connectivity index (χ1n) is 8.06. The Hall–Kier alpha value is -2.05. The molecule has 0 aliphatic carbocycles. The first-order valence-corrected chi connectivity index (χ1v) is 9.28. The van der Waals surface area contributed by atoms with Crippen LogP contribution in [-0.4, -0.2) is 53.2 Å². The molecular formula is C18H22N4OS. The van der Waals surface area contributed by atoms with Gasteiger partial charge < -0.3 is 10.2 Å². The summed E-state index contributed by atoms with van der Waals surface area (Å²) in [4.78, 5) is 21.9. The van der Waals surface area contributed by atoms with Crippen molar-refractivity contribution in [2.45, 2.75) is 11.4 Å². The van der Waals surface area contributed by atoms with E-state index in [0.29, 0.717) is 0 Å². The lowest BCUT2D eigenvalue weighted by molar-refractivity contribution is 0.143. The Kier molecular flexibility index (Phi) is 5.72. The Bertz CT molecular complexity index is 672. The van der Waals surface area contributed by atoms with Crippen LogP contribution in [0.25, 0.3) is 0 Å². The zero-order chi connectivity index (χ0) is 16.8.